The van der Waals surface area contributed by atoms with Gasteiger partial charge in [0.25, 0.3) is 0 Å². The topological polar surface area (TPSA) is 32.3 Å². The molecule has 2 amide bonds. The maximum absolute atomic E-state index is 12.0. The van der Waals surface area contributed by atoms with Crippen LogP contribution in [0.15, 0.2) is 30.5 Å². The van der Waals surface area contributed by atoms with E-state index in [9.17, 15) is 4.79 Å². The summed E-state index contributed by atoms with van der Waals surface area (Å²) < 4.78 is 0. The Balaban J connectivity index is 1.84. The lowest BCUT2D eigenvalue weighted by molar-refractivity contribution is 0.177. The van der Waals surface area contributed by atoms with E-state index in [0.717, 1.165) is 18.4 Å². The lowest BCUT2D eigenvalue weighted by atomic mass is 9.95. The van der Waals surface area contributed by atoms with Crippen LogP contribution in [-0.4, -0.2) is 24.0 Å². The number of urea groups is 1. The number of hydrogen-bond acceptors (Lipinski definition) is 1. The number of nitrogens with one attached hydrogen (secondary N) is 1. The summed E-state index contributed by atoms with van der Waals surface area (Å²) in [6, 6.07) is 7.85. The molecule has 1 aromatic carbocycles. The molecule has 108 valence electrons. The summed E-state index contributed by atoms with van der Waals surface area (Å²) in [6.07, 6.45) is 9.48. The van der Waals surface area contributed by atoms with Crippen molar-refractivity contribution >= 4 is 23.7 Å². The van der Waals surface area contributed by atoms with Crippen molar-refractivity contribution in [3.05, 3.63) is 41.1 Å². The van der Waals surface area contributed by atoms with Gasteiger partial charge in [-0.1, -0.05) is 43.0 Å². The summed E-state index contributed by atoms with van der Waals surface area (Å²) in [7, 11) is 1.87. The van der Waals surface area contributed by atoms with Crippen LogP contribution in [-0.2, 0) is 0 Å². The Hall–Kier alpha value is -1.48. The van der Waals surface area contributed by atoms with E-state index in [2.05, 4.69) is 5.32 Å². The van der Waals surface area contributed by atoms with E-state index in [4.69, 9.17) is 11.6 Å². The first kappa shape index (κ1) is 14.9. The van der Waals surface area contributed by atoms with Gasteiger partial charge >= 0.3 is 6.03 Å². The van der Waals surface area contributed by atoms with Crippen LogP contribution in [0.2, 0.25) is 5.02 Å². The van der Waals surface area contributed by atoms with Gasteiger partial charge in [-0.05, 0) is 36.6 Å². The molecule has 2 rings (SSSR count). The Morgan fingerprint density at radius 3 is 2.80 bits per heavy atom. The second-order valence-electron chi connectivity index (χ2n) is 5.24. The summed E-state index contributed by atoms with van der Waals surface area (Å²) in [6.45, 7) is 0. The summed E-state index contributed by atoms with van der Waals surface area (Å²) in [5.41, 5.74) is 0.970. The van der Waals surface area contributed by atoms with Gasteiger partial charge in [-0.25, -0.2) is 4.79 Å². The molecule has 0 unspecified atom stereocenters. The Kier molecular flexibility index (Phi) is 5.48. The van der Waals surface area contributed by atoms with Gasteiger partial charge in [0.15, 0.2) is 0 Å². The molecule has 0 bridgehead atoms. The van der Waals surface area contributed by atoms with Gasteiger partial charge in [0.1, 0.15) is 0 Å². The fourth-order valence-electron chi connectivity index (χ4n) is 2.56. The number of benzene rings is 1. The van der Waals surface area contributed by atoms with Crippen LogP contribution in [0, 0.1) is 0 Å². The van der Waals surface area contributed by atoms with Gasteiger partial charge in [0, 0.05) is 24.3 Å². The highest BCUT2D eigenvalue weighted by Gasteiger charge is 2.21. The zero-order valence-corrected chi connectivity index (χ0v) is 12.6. The molecule has 0 atom stereocenters. The normalized spacial score (nSPS) is 16.3. The molecule has 0 aromatic heterocycles. The lowest BCUT2D eigenvalue weighted by Crippen LogP contribution is -2.42. The van der Waals surface area contributed by atoms with Crippen molar-refractivity contribution in [2.24, 2.45) is 0 Å². The molecule has 1 aliphatic carbocycles. The smallest absolute Gasteiger partial charge is 0.321 e. The second-order valence-corrected chi connectivity index (χ2v) is 5.68. The number of rotatable bonds is 3. The highest BCUT2D eigenvalue weighted by molar-refractivity contribution is 6.30. The molecule has 3 nitrogen and oxygen atoms in total. The molecular formula is C16H21ClN2O. The molecule has 1 fully saturated rings. The number of nitrogens with zero attached hydrogens (tertiary/aromatic N) is 1. The van der Waals surface area contributed by atoms with Crippen molar-refractivity contribution in [2.45, 2.75) is 38.1 Å². The first-order valence-electron chi connectivity index (χ1n) is 7.12. The number of amides is 2. The Bertz CT molecular complexity index is 481. The Morgan fingerprint density at radius 2 is 2.10 bits per heavy atom. The Labute approximate surface area is 125 Å². The molecule has 0 heterocycles. The van der Waals surface area contributed by atoms with Gasteiger partial charge < -0.3 is 10.2 Å². The van der Waals surface area contributed by atoms with Crippen LogP contribution in [0.3, 0.4) is 0 Å². The van der Waals surface area contributed by atoms with Gasteiger partial charge in [-0.3, -0.25) is 0 Å². The molecular weight excluding hydrogens is 272 g/mol. The van der Waals surface area contributed by atoms with E-state index in [1.54, 1.807) is 6.20 Å². The average Bonchev–Trinajstić information content (AvgIpc) is 2.47. The number of hydrogen-bond donors (Lipinski definition) is 1. The third-order valence-electron chi connectivity index (χ3n) is 3.77. The third kappa shape index (κ3) is 4.27. The van der Waals surface area contributed by atoms with E-state index in [0.29, 0.717) is 11.1 Å². The molecule has 1 saturated carbocycles. The van der Waals surface area contributed by atoms with Gasteiger partial charge in [-0.15, -0.1) is 0 Å². The number of carbonyl (C=O) groups is 1. The van der Waals surface area contributed by atoms with Crippen molar-refractivity contribution in [3.63, 3.8) is 0 Å². The minimum Gasteiger partial charge on any atom is -0.325 e. The predicted octanol–water partition coefficient (Wildman–Crippen LogP) is 4.28. The predicted molar refractivity (Wildman–Crippen MR) is 83.7 cm³/mol. The number of carbonyl (C=O) groups excluding carboxylic acids is 1. The van der Waals surface area contributed by atoms with Crippen molar-refractivity contribution in [3.8, 4) is 0 Å². The quantitative estimate of drug-likeness (QED) is 0.886. The van der Waals surface area contributed by atoms with Crippen LogP contribution in [0.1, 0.15) is 37.7 Å². The molecule has 0 spiro atoms. The molecule has 1 aliphatic rings. The molecule has 1 aromatic rings. The van der Waals surface area contributed by atoms with E-state index < -0.39 is 0 Å². The minimum atomic E-state index is -0.0461. The second kappa shape index (κ2) is 7.34. The molecule has 4 heteroatoms. The van der Waals surface area contributed by atoms with Crippen LogP contribution >= 0.6 is 11.6 Å². The van der Waals surface area contributed by atoms with Crippen molar-refractivity contribution in [1.29, 1.82) is 0 Å². The molecule has 1 N–H and O–H groups in total. The van der Waals surface area contributed by atoms with Crippen LogP contribution in [0.25, 0.3) is 6.08 Å². The van der Waals surface area contributed by atoms with E-state index in [1.807, 2.05) is 42.3 Å². The fourth-order valence-corrected chi connectivity index (χ4v) is 2.75. The summed E-state index contributed by atoms with van der Waals surface area (Å²) >= 11 is 5.91. The van der Waals surface area contributed by atoms with Crippen molar-refractivity contribution in [1.82, 2.24) is 10.2 Å². The summed E-state index contributed by atoms with van der Waals surface area (Å²) in [5.74, 6) is 0. The highest BCUT2D eigenvalue weighted by Crippen LogP contribution is 2.21. The molecule has 0 saturated heterocycles. The van der Waals surface area contributed by atoms with Gasteiger partial charge in [0.2, 0.25) is 0 Å². The molecule has 0 aliphatic heterocycles. The molecule has 0 radical (unpaired) electrons. The molecule has 20 heavy (non-hydrogen) atoms. The Morgan fingerprint density at radius 1 is 1.35 bits per heavy atom. The zero-order chi connectivity index (χ0) is 14.4. The van der Waals surface area contributed by atoms with Gasteiger partial charge in [-0.2, -0.15) is 0 Å². The number of halogens is 1. The SMILES string of the molecule is CN(C(=O)N/C=C/c1cccc(Cl)c1)C1CCCCC1. The van der Waals surface area contributed by atoms with Crippen LogP contribution in [0.5, 0.6) is 0 Å². The average molecular weight is 293 g/mol. The van der Waals surface area contributed by atoms with Crippen molar-refractivity contribution in [2.75, 3.05) is 7.05 Å². The summed E-state index contributed by atoms with van der Waals surface area (Å²) in [5, 5.41) is 3.50. The van der Waals surface area contributed by atoms with E-state index >= 15 is 0 Å². The first-order chi connectivity index (χ1) is 9.66. The van der Waals surface area contributed by atoms with Crippen molar-refractivity contribution < 1.29 is 4.79 Å². The van der Waals surface area contributed by atoms with E-state index in [1.165, 1.54) is 19.3 Å². The van der Waals surface area contributed by atoms with E-state index in [-0.39, 0.29) is 6.03 Å². The monoisotopic (exact) mass is 292 g/mol. The zero-order valence-electron chi connectivity index (χ0n) is 11.8. The van der Waals surface area contributed by atoms with Crippen LogP contribution in [0.4, 0.5) is 4.79 Å². The lowest BCUT2D eigenvalue weighted by Gasteiger charge is -2.30. The van der Waals surface area contributed by atoms with Gasteiger partial charge in [0.05, 0.1) is 0 Å². The fraction of sp³-hybridized carbons (Fsp3) is 0.438. The standard InChI is InChI=1S/C16H21ClN2O/c1-19(15-8-3-2-4-9-15)16(20)18-11-10-13-6-5-7-14(17)12-13/h5-7,10-12,15H,2-4,8-9H2,1H3,(H,18,20)/b11-10+. The third-order valence-corrected chi connectivity index (χ3v) is 4.01. The largest absolute Gasteiger partial charge is 0.325 e. The minimum absolute atomic E-state index is 0.0461. The maximum Gasteiger partial charge on any atom is 0.321 e. The first-order valence-corrected chi connectivity index (χ1v) is 7.50. The summed E-state index contributed by atoms with van der Waals surface area (Å²) in [4.78, 5) is 13.9. The van der Waals surface area contributed by atoms with Crippen LogP contribution < -0.4 is 5.32 Å². The maximum atomic E-state index is 12.0. The highest BCUT2D eigenvalue weighted by atomic mass is 35.5.